The first-order valence-electron chi connectivity index (χ1n) is 10.00. The largest absolute Gasteiger partial charge is 0.496 e. The third-order valence-electron chi connectivity index (χ3n) is 5.28. The number of carbonyl (C=O) groups is 1. The Labute approximate surface area is 190 Å². The Balaban J connectivity index is 1.86. The number of carbonyl (C=O) groups excluding carboxylic acids is 1. The van der Waals surface area contributed by atoms with Gasteiger partial charge in [-0.1, -0.05) is 6.07 Å². The second-order valence-electron chi connectivity index (χ2n) is 7.00. The summed E-state index contributed by atoms with van der Waals surface area (Å²) in [5, 5.41) is 0. The van der Waals surface area contributed by atoms with Crippen LogP contribution in [0.15, 0.2) is 53.1 Å². The highest BCUT2D eigenvalue weighted by Crippen LogP contribution is 2.43. The van der Waals surface area contributed by atoms with E-state index in [9.17, 15) is 4.79 Å². The molecule has 0 amide bonds. The Kier molecular flexibility index (Phi) is 6.08. The molecule has 0 radical (unpaired) electrons. The van der Waals surface area contributed by atoms with Crippen molar-refractivity contribution >= 4 is 17.1 Å². The number of benzene rings is 2. The minimum Gasteiger partial charge on any atom is -0.496 e. The maximum Gasteiger partial charge on any atom is 0.341 e. The number of rotatable bonds is 7. The molecular formula is C25H23NO7. The molecule has 0 aliphatic carbocycles. The third kappa shape index (κ3) is 3.91. The molecule has 0 saturated carbocycles. The molecule has 4 aromatic rings. The molecule has 33 heavy (non-hydrogen) atoms. The van der Waals surface area contributed by atoms with Crippen LogP contribution in [0.1, 0.15) is 10.4 Å². The quantitative estimate of drug-likeness (QED) is 0.365. The zero-order chi connectivity index (χ0) is 23.5. The normalized spacial score (nSPS) is 10.7. The van der Waals surface area contributed by atoms with Crippen LogP contribution in [0.25, 0.3) is 33.6 Å². The van der Waals surface area contributed by atoms with E-state index < -0.39 is 5.97 Å². The fourth-order valence-electron chi connectivity index (χ4n) is 3.68. The van der Waals surface area contributed by atoms with E-state index in [1.54, 1.807) is 39.7 Å². The Hall–Kier alpha value is -4.20. The van der Waals surface area contributed by atoms with Gasteiger partial charge in [-0.05, 0) is 35.9 Å². The lowest BCUT2D eigenvalue weighted by Gasteiger charge is -2.13. The van der Waals surface area contributed by atoms with Crippen LogP contribution in [0.3, 0.4) is 0 Å². The molecule has 0 aliphatic rings. The van der Waals surface area contributed by atoms with Crippen molar-refractivity contribution in [1.82, 2.24) is 4.98 Å². The van der Waals surface area contributed by atoms with Crippen molar-refractivity contribution in [3.63, 3.8) is 0 Å². The molecule has 8 nitrogen and oxygen atoms in total. The van der Waals surface area contributed by atoms with E-state index in [0.717, 1.165) is 16.7 Å². The maximum atomic E-state index is 12.2. The van der Waals surface area contributed by atoms with Crippen molar-refractivity contribution in [2.24, 2.45) is 0 Å². The molecule has 2 aromatic heterocycles. The van der Waals surface area contributed by atoms with Crippen molar-refractivity contribution in [3.05, 3.63) is 54.2 Å². The van der Waals surface area contributed by atoms with E-state index in [1.807, 2.05) is 30.3 Å². The number of esters is 1. The molecule has 170 valence electrons. The molecule has 0 unspecified atom stereocenters. The van der Waals surface area contributed by atoms with Crippen LogP contribution in [-0.4, -0.2) is 46.5 Å². The molecule has 0 saturated heterocycles. The maximum absolute atomic E-state index is 12.2. The summed E-state index contributed by atoms with van der Waals surface area (Å²) in [5.41, 5.74) is 3.81. The van der Waals surface area contributed by atoms with Gasteiger partial charge in [0.05, 0.1) is 35.5 Å². The van der Waals surface area contributed by atoms with Crippen molar-refractivity contribution in [2.75, 3.05) is 35.5 Å². The first kappa shape index (κ1) is 22.0. The third-order valence-corrected chi connectivity index (χ3v) is 5.28. The highest BCUT2D eigenvalue weighted by atomic mass is 16.5. The predicted octanol–water partition coefficient (Wildman–Crippen LogP) is 4.98. The molecule has 0 N–H and O–H groups in total. The van der Waals surface area contributed by atoms with Crippen LogP contribution in [0.5, 0.6) is 23.0 Å². The summed E-state index contributed by atoms with van der Waals surface area (Å²) < 4.78 is 32.7. The van der Waals surface area contributed by atoms with E-state index in [2.05, 4.69) is 4.98 Å². The Morgan fingerprint density at radius 1 is 0.788 bits per heavy atom. The second kappa shape index (κ2) is 9.12. The standard InChI is InChI=1S/C25H23NO7/c1-28-19-7-6-14(10-17(19)25(27)32-5)16-8-9-26-18-13-20(33-23(16)18)15-11-21(29-2)24(31-4)22(12-15)30-3/h6-13H,1-5H3. The fourth-order valence-corrected chi connectivity index (χ4v) is 3.68. The van der Waals surface area contributed by atoms with Crippen LogP contribution in [0.4, 0.5) is 0 Å². The summed E-state index contributed by atoms with van der Waals surface area (Å²) in [7, 11) is 7.50. The topological polar surface area (TPSA) is 89.3 Å². The lowest BCUT2D eigenvalue weighted by molar-refractivity contribution is 0.0597. The van der Waals surface area contributed by atoms with Gasteiger partial charge in [0, 0.05) is 23.4 Å². The minimum atomic E-state index is -0.489. The first-order chi connectivity index (χ1) is 16.0. The number of fused-ring (bicyclic) bond motifs is 1. The van der Waals surface area contributed by atoms with Gasteiger partial charge in [0.2, 0.25) is 5.75 Å². The molecule has 0 atom stereocenters. The molecule has 2 aromatic carbocycles. The van der Waals surface area contributed by atoms with Crippen LogP contribution in [0.2, 0.25) is 0 Å². The number of methoxy groups -OCH3 is 5. The number of hydrogen-bond donors (Lipinski definition) is 0. The summed E-state index contributed by atoms with van der Waals surface area (Å²) in [6.45, 7) is 0. The molecule has 2 heterocycles. The van der Waals surface area contributed by atoms with E-state index in [1.165, 1.54) is 14.2 Å². The van der Waals surface area contributed by atoms with Crippen LogP contribution in [0, 0.1) is 0 Å². The molecule has 0 aliphatic heterocycles. The first-order valence-corrected chi connectivity index (χ1v) is 10.00. The molecule has 0 bridgehead atoms. The van der Waals surface area contributed by atoms with Gasteiger partial charge < -0.3 is 28.1 Å². The molecular weight excluding hydrogens is 426 g/mol. The monoisotopic (exact) mass is 449 g/mol. The van der Waals surface area contributed by atoms with E-state index in [0.29, 0.717) is 45.4 Å². The van der Waals surface area contributed by atoms with Gasteiger partial charge in [-0.2, -0.15) is 0 Å². The van der Waals surface area contributed by atoms with Gasteiger partial charge in [0.1, 0.15) is 22.6 Å². The van der Waals surface area contributed by atoms with Crippen LogP contribution in [-0.2, 0) is 4.74 Å². The van der Waals surface area contributed by atoms with Gasteiger partial charge in [0.15, 0.2) is 17.1 Å². The van der Waals surface area contributed by atoms with Crippen LogP contribution < -0.4 is 18.9 Å². The number of furan rings is 1. The van der Waals surface area contributed by atoms with Gasteiger partial charge in [0.25, 0.3) is 0 Å². The highest BCUT2D eigenvalue weighted by molar-refractivity contribution is 5.97. The summed E-state index contributed by atoms with van der Waals surface area (Å²) >= 11 is 0. The smallest absolute Gasteiger partial charge is 0.341 e. The fraction of sp³-hybridized carbons (Fsp3) is 0.200. The minimum absolute atomic E-state index is 0.318. The molecule has 4 rings (SSSR count). The van der Waals surface area contributed by atoms with Crippen molar-refractivity contribution in [1.29, 1.82) is 0 Å². The Morgan fingerprint density at radius 2 is 1.48 bits per heavy atom. The van der Waals surface area contributed by atoms with Crippen molar-refractivity contribution in [3.8, 4) is 45.4 Å². The molecule has 8 heteroatoms. The average Bonchev–Trinajstić information content (AvgIpc) is 3.31. The number of aromatic nitrogens is 1. The molecule has 0 spiro atoms. The molecule has 0 fully saturated rings. The van der Waals surface area contributed by atoms with Gasteiger partial charge in [-0.3, -0.25) is 4.98 Å². The lowest BCUT2D eigenvalue weighted by Crippen LogP contribution is -2.04. The Bertz CT molecular complexity index is 1300. The summed E-state index contributed by atoms with van der Waals surface area (Å²) in [6, 6.07) is 12.6. The van der Waals surface area contributed by atoms with Crippen LogP contribution >= 0.6 is 0 Å². The van der Waals surface area contributed by atoms with Crippen molar-refractivity contribution in [2.45, 2.75) is 0 Å². The average molecular weight is 449 g/mol. The van der Waals surface area contributed by atoms with E-state index in [-0.39, 0.29) is 0 Å². The summed E-state index contributed by atoms with van der Waals surface area (Å²) in [6.07, 6.45) is 1.69. The summed E-state index contributed by atoms with van der Waals surface area (Å²) in [5.74, 6) is 2.03. The predicted molar refractivity (Wildman–Crippen MR) is 122 cm³/mol. The zero-order valence-corrected chi connectivity index (χ0v) is 18.9. The van der Waals surface area contributed by atoms with Gasteiger partial charge >= 0.3 is 5.97 Å². The lowest BCUT2D eigenvalue weighted by atomic mass is 10.0. The number of pyridine rings is 1. The highest BCUT2D eigenvalue weighted by Gasteiger charge is 2.19. The van der Waals surface area contributed by atoms with Gasteiger partial charge in [-0.15, -0.1) is 0 Å². The van der Waals surface area contributed by atoms with E-state index in [4.69, 9.17) is 28.1 Å². The zero-order valence-electron chi connectivity index (χ0n) is 18.9. The number of ether oxygens (including phenoxy) is 5. The summed E-state index contributed by atoms with van der Waals surface area (Å²) in [4.78, 5) is 16.7. The second-order valence-corrected chi connectivity index (χ2v) is 7.00. The van der Waals surface area contributed by atoms with Gasteiger partial charge in [-0.25, -0.2) is 4.79 Å². The van der Waals surface area contributed by atoms with Crippen molar-refractivity contribution < 1.29 is 32.9 Å². The number of hydrogen-bond acceptors (Lipinski definition) is 8. The van der Waals surface area contributed by atoms with E-state index >= 15 is 0 Å². The Morgan fingerprint density at radius 3 is 2.09 bits per heavy atom. The SMILES string of the molecule is COC(=O)c1cc(-c2ccnc3cc(-c4cc(OC)c(OC)c(OC)c4)oc23)ccc1OC. The number of nitrogens with zero attached hydrogens (tertiary/aromatic N) is 1.